The van der Waals surface area contributed by atoms with Crippen LogP contribution in [-0.4, -0.2) is 168 Å². The summed E-state index contributed by atoms with van der Waals surface area (Å²) in [7, 11) is -9.73. The van der Waals surface area contributed by atoms with Crippen LogP contribution in [0.1, 0.15) is 72.3 Å². The molecule has 0 radical (unpaired) electrons. The minimum absolute atomic E-state index is 0.0251. The Morgan fingerprint density at radius 2 is 1.64 bits per heavy atom. The number of nitrogens with two attached hydrogens (primary N) is 2. The van der Waals surface area contributed by atoms with Crippen molar-refractivity contribution in [3.63, 3.8) is 0 Å². The predicted molar refractivity (Wildman–Crippen MR) is 241 cm³/mol. The van der Waals surface area contributed by atoms with Crippen molar-refractivity contribution in [3.05, 3.63) is 28.8 Å². The largest absolute Gasteiger partial charge is 0.506 e. The van der Waals surface area contributed by atoms with Gasteiger partial charge in [-0.1, -0.05) is 51.8 Å². The molecule has 3 unspecified atom stereocenters. The van der Waals surface area contributed by atoms with Crippen molar-refractivity contribution in [3.8, 4) is 5.75 Å². The monoisotopic (exact) mass is 1040 g/mol. The molecule has 1 aromatic carbocycles. The number of piperidine rings is 1. The molecule has 27 nitrogen and oxygen atoms in total. The van der Waals surface area contributed by atoms with E-state index in [2.05, 4.69) is 29.3 Å². The number of aliphatic hydroxyl groups is 1. The third-order valence-electron chi connectivity index (χ3n) is 11.2. The molecule has 0 spiro atoms. The second-order valence-electron chi connectivity index (χ2n) is 16.7. The number of guanidine groups is 1. The van der Waals surface area contributed by atoms with Gasteiger partial charge in [0.1, 0.15) is 60.9 Å². The van der Waals surface area contributed by atoms with E-state index in [1.165, 1.54) is 39.1 Å². The molecule has 0 saturated carbocycles. The first-order chi connectivity index (χ1) is 32.0. The van der Waals surface area contributed by atoms with Gasteiger partial charge < -0.3 is 57.5 Å². The maximum absolute atomic E-state index is 14.8. The molecule has 388 valence electrons. The Kier molecular flexibility index (Phi) is 20.9. The lowest BCUT2D eigenvalue weighted by Crippen LogP contribution is -2.66. The van der Waals surface area contributed by atoms with Gasteiger partial charge in [0.05, 0.1) is 5.02 Å². The number of carbonyl (C=O) groups excluding carboxylic acids is 7. The second kappa shape index (κ2) is 24.9. The summed E-state index contributed by atoms with van der Waals surface area (Å²) >= 11 is 6.20. The minimum Gasteiger partial charge on any atom is -0.506 e. The average Bonchev–Trinajstić information content (AvgIpc) is 3.24. The number of hydrogen-bond acceptors (Lipinski definition) is 17. The molecular weight excluding hydrogens is 982 g/mol. The summed E-state index contributed by atoms with van der Waals surface area (Å²) in [5, 5.41) is 30.9. The number of phenols is 1. The van der Waals surface area contributed by atoms with Crippen LogP contribution in [0.4, 0.5) is 0 Å². The molecule has 69 heavy (non-hydrogen) atoms. The maximum atomic E-state index is 14.8. The van der Waals surface area contributed by atoms with E-state index in [0.717, 1.165) is 16.7 Å². The Morgan fingerprint density at radius 3 is 2.20 bits per heavy atom. The number of esters is 1. The van der Waals surface area contributed by atoms with Crippen molar-refractivity contribution in [1.29, 1.82) is 0 Å². The molecule has 2 bridgehead atoms. The molecule has 2 heterocycles. The average molecular weight is 1040 g/mol. The Balaban J connectivity index is 2.29. The molecule has 2 fully saturated rings. The Hall–Kier alpha value is -5.43. The number of hydrogen-bond donors (Lipinski definition) is 10. The molecule has 3 rings (SSSR count). The number of carbonyl (C=O) groups is 7. The van der Waals surface area contributed by atoms with Crippen molar-refractivity contribution >= 4 is 79.8 Å². The van der Waals surface area contributed by atoms with E-state index in [9.17, 15) is 65.2 Å². The summed E-state index contributed by atoms with van der Waals surface area (Å²) in [6, 6.07) is -5.86. The molecule has 30 heteroatoms. The fourth-order valence-electron chi connectivity index (χ4n) is 7.35. The van der Waals surface area contributed by atoms with Crippen molar-refractivity contribution in [2.24, 2.45) is 28.3 Å². The number of likely N-dealkylation sites (N-methyl/N-ethyl adjacent to an activating group) is 1. The SMILES string of the molecule is CC[C@H](C)[C@H]1C(=O)N(C)C(Cc2ccc(O)c(Cl)c2)C(=O)NC(C(C)C)C(=O)O[C@H](C)C(NC(=O)[C@@H](COS(=O)(=O)O)OS(=O)(=O)O)C(=O)N[C@@H](CCCN=C(N)N)C(=O)N[C@H]2CC[C@@H](O)N1C2=O. The number of halogens is 1. The molecule has 1 aromatic rings. The van der Waals surface area contributed by atoms with Crippen LogP contribution in [0, 0.1) is 11.8 Å². The Labute approximate surface area is 403 Å². The van der Waals surface area contributed by atoms with E-state index in [4.69, 9.17) is 32.4 Å². The summed E-state index contributed by atoms with van der Waals surface area (Å²) in [5.41, 5.74) is 11.2. The smallest absolute Gasteiger partial charge is 0.398 e. The Morgan fingerprint density at radius 1 is 0.986 bits per heavy atom. The van der Waals surface area contributed by atoms with Gasteiger partial charge in [0.2, 0.25) is 29.5 Å². The zero-order valence-corrected chi connectivity index (χ0v) is 40.8. The lowest BCUT2D eigenvalue weighted by Gasteiger charge is -2.44. The standard InChI is InChI=1S/C39H60ClN9O18S2/c1-7-19(4)31-37(57)48(6)25(16-21-10-12-26(50)22(40)15-21)33(53)46-29(18(2)3)38(58)66-20(5)30(47-34(54)27(67-69(62,63)64)17-65-68(59,60)61)35(55)44-23(9-8-14-43-39(41)42)32(52)45-24-11-13-28(51)49(31)36(24)56/h10,12,15,18-20,23-25,27-31,50-51H,7-9,11,13-14,16-17H2,1-6H3,(H,44,55)(H,45,52)(H,46,53)(H,47,54)(H4,41,42,43)(H,59,60,61)(H,62,63,64)/t19-,20+,23-,24-,25?,27+,28+,29?,30?,31-/m0/s1. The number of nitrogens with zero attached hydrogens (tertiary/aromatic N) is 3. The third kappa shape index (κ3) is 16.9. The Bertz CT molecular complexity index is 2320. The molecule has 2 aliphatic heterocycles. The number of phenolic OH excluding ortho intramolecular Hbond substituents is 1. The summed E-state index contributed by atoms with van der Waals surface area (Å²) < 4.78 is 78.4. The van der Waals surface area contributed by atoms with Gasteiger partial charge in [0, 0.05) is 20.0 Å². The number of amides is 6. The van der Waals surface area contributed by atoms with Crippen molar-refractivity contribution in [1.82, 2.24) is 31.1 Å². The highest BCUT2D eigenvalue weighted by Gasteiger charge is 2.47. The van der Waals surface area contributed by atoms with Crippen LogP contribution in [0.2, 0.25) is 5.02 Å². The molecule has 2 saturated heterocycles. The minimum atomic E-state index is -5.60. The summed E-state index contributed by atoms with van der Waals surface area (Å²) in [4.78, 5) is 106. The molecule has 2 aliphatic rings. The molecule has 0 aromatic heterocycles. The summed E-state index contributed by atoms with van der Waals surface area (Å²) in [6.07, 6.45) is -6.80. The predicted octanol–water partition coefficient (Wildman–Crippen LogP) is -2.63. The number of rotatable bonds is 16. The summed E-state index contributed by atoms with van der Waals surface area (Å²) in [6.45, 7) is 5.65. The van der Waals surface area contributed by atoms with Crippen molar-refractivity contribution < 1.29 is 82.8 Å². The van der Waals surface area contributed by atoms with Crippen molar-refractivity contribution in [2.45, 2.75) is 128 Å². The number of aromatic hydroxyl groups is 1. The van der Waals surface area contributed by atoms with E-state index in [0.29, 0.717) is 5.56 Å². The van der Waals surface area contributed by atoms with Gasteiger partial charge in [-0.25, -0.2) is 13.2 Å². The number of aliphatic hydroxyl groups excluding tert-OH is 1. The van der Waals surface area contributed by atoms with Crippen LogP contribution in [0.5, 0.6) is 5.75 Å². The van der Waals surface area contributed by atoms with Gasteiger partial charge in [0.15, 0.2) is 12.1 Å². The number of ether oxygens (including phenoxy) is 1. The highest BCUT2D eigenvalue weighted by atomic mass is 35.5. The number of aliphatic imine (C=N–C) groups is 1. The number of fused-ring (bicyclic) bond motifs is 2. The van der Waals surface area contributed by atoms with Gasteiger partial charge in [0.25, 0.3) is 5.91 Å². The first-order valence-corrected chi connectivity index (χ1v) is 24.6. The van der Waals surface area contributed by atoms with Crippen LogP contribution in [0.3, 0.4) is 0 Å². The van der Waals surface area contributed by atoms with E-state index in [1.807, 2.05) is 5.32 Å². The van der Waals surface area contributed by atoms with E-state index in [1.54, 1.807) is 13.8 Å². The van der Waals surface area contributed by atoms with Crippen molar-refractivity contribution in [2.75, 3.05) is 20.2 Å². The van der Waals surface area contributed by atoms with Gasteiger partial charge in [-0.05, 0) is 62.1 Å². The van der Waals surface area contributed by atoms with Crippen LogP contribution < -0.4 is 32.7 Å². The van der Waals surface area contributed by atoms with Crippen LogP contribution in [0.15, 0.2) is 23.2 Å². The quantitative estimate of drug-likeness (QED) is 0.0266. The highest BCUT2D eigenvalue weighted by Crippen LogP contribution is 2.29. The first kappa shape index (κ1) is 57.9. The lowest BCUT2D eigenvalue weighted by molar-refractivity contribution is -0.168. The zero-order valence-electron chi connectivity index (χ0n) is 38.4. The normalized spacial score (nSPS) is 25.8. The second-order valence-corrected chi connectivity index (χ2v) is 19.3. The number of nitrogens with one attached hydrogen (secondary N) is 4. The molecular formula is C39H60ClN9O18S2. The van der Waals surface area contributed by atoms with E-state index in [-0.39, 0.29) is 61.8 Å². The fraction of sp³-hybridized carbons (Fsp3) is 0.641. The molecule has 12 N–H and O–H groups in total. The van der Waals surface area contributed by atoms with Crippen LogP contribution >= 0.6 is 11.6 Å². The third-order valence-corrected chi connectivity index (χ3v) is 12.5. The molecule has 0 aliphatic carbocycles. The number of benzene rings is 1. The van der Waals surface area contributed by atoms with E-state index < -0.39 is 135 Å². The topological polar surface area (TPSA) is 415 Å². The van der Waals surface area contributed by atoms with Crippen LogP contribution in [0.25, 0.3) is 0 Å². The van der Waals surface area contributed by atoms with Crippen LogP contribution in [-0.2, 0) is 73.9 Å². The summed E-state index contributed by atoms with van der Waals surface area (Å²) in [5.74, 6) is -10.2. The molecule has 6 amide bonds. The maximum Gasteiger partial charge on any atom is 0.398 e. The fourth-order valence-corrected chi connectivity index (χ4v) is 8.29. The van der Waals surface area contributed by atoms with Gasteiger partial charge >= 0.3 is 26.8 Å². The zero-order chi connectivity index (χ0) is 52.3. The van der Waals surface area contributed by atoms with E-state index >= 15 is 0 Å². The highest BCUT2D eigenvalue weighted by molar-refractivity contribution is 7.81. The van der Waals surface area contributed by atoms with Gasteiger partial charge in [-0.3, -0.25) is 42.9 Å². The first-order valence-electron chi connectivity index (χ1n) is 21.4. The lowest BCUT2D eigenvalue weighted by atomic mass is 9.91. The molecule has 10 atom stereocenters. The number of cyclic esters (lactones) is 1. The van der Waals surface area contributed by atoms with Gasteiger partial charge in [-0.2, -0.15) is 16.8 Å². The van der Waals surface area contributed by atoms with Gasteiger partial charge in [-0.15, -0.1) is 0 Å².